The lowest BCUT2D eigenvalue weighted by molar-refractivity contribution is -0.136. The van der Waals surface area contributed by atoms with Crippen molar-refractivity contribution >= 4 is 37.0 Å². The number of amides is 2. The third-order valence-electron chi connectivity index (χ3n) is 6.56. The molecule has 4 rings (SSSR count). The topological polar surface area (TPSA) is 142 Å². The van der Waals surface area contributed by atoms with Gasteiger partial charge < -0.3 is 24.2 Å². The van der Waals surface area contributed by atoms with E-state index in [9.17, 15) is 19.5 Å². The molecule has 12 heteroatoms. The fourth-order valence-corrected chi connectivity index (χ4v) is 4.90. The summed E-state index contributed by atoms with van der Waals surface area (Å²) in [5.74, 6) is -1.86. The second-order valence-electron chi connectivity index (χ2n) is 11.0. The monoisotopic (exact) mass is 548 g/mol. The summed E-state index contributed by atoms with van der Waals surface area (Å²) in [4.78, 5) is 49.7. The van der Waals surface area contributed by atoms with Gasteiger partial charge in [0.25, 0.3) is 5.91 Å². The molecule has 0 aliphatic carbocycles. The van der Waals surface area contributed by atoms with Crippen molar-refractivity contribution in [3.05, 3.63) is 47.8 Å². The lowest BCUT2D eigenvalue weighted by Gasteiger charge is -2.36. The van der Waals surface area contributed by atoms with E-state index in [1.54, 1.807) is 41.0 Å². The van der Waals surface area contributed by atoms with Crippen LogP contribution >= 0.6 is 0 Å². The van der Waals surface area contributed by atoms with E-state index >= 15 is 0 Å². The van der Waals surface area contributed by atoms with Gasteiger partial charge in [0.2, 0.25) is 5.91 Å². The van der Waals surface area contributed by atoms with E-state index in [-0.39, 0.29) is 36.2 Å². The maximum Gasteiger partial charge on any atom is 0.335 e. The van der Waals surface area contributed by atoms with Crippen LogP contribution in [0, 0.1) is 17.2 Å². The summed E-state index contributed by atoms with van der Waals surface area (Å²) in [7, 11) is 0.261. The molecule has 0 radical (unpaired) electrons. The Morgan fingerprint density at radius 1 is 1.26 bits per heavy atom. The van der Waals surface area contributed by atoms with Crippen LogP contribution in [0.3, 0.4) is 0 Å². The van der Waals surface area contributed by atoms with Gasteiger partial charge in [-0.2, -0.15) is 5.26 Å². The zero-order valence-electron chi connectivity index (χ0n) is 22.5. The van der Waals surface area contributed by atoms with Crippen LogP contribution < -0.4 is 0 Å². The van der Waals surface area contributed by atoms with Crippen LogP contribution in [-0.4, -0.2) is 88.6 Å². The van der Waals surface area contributed by atoms with E-state index in [1.165, 1.54) is 17.0 Å². The molecule has 0 saturated carbocycles. The molecular weight excluding hydrogens is 516 g/mol. The van der Waals surface area contributed by atoms with Gasteiger partial charge >= 0.3 is 5.97 Å². The number of carboxylic acids is 1. The number of nitriles is 1. The van der Waals surface area contributed by atoms with Crippen molar-refractivity contribution < 1.29 is 24.2 Å². The van der Waals surface area contributed by atoms with Gasteiger partial charge in [0, 0.05) is 46.6 Å². The highest BCUT2D eigenvalue weighted by Gasteiger charge is 2.32. The Morgan fingerprint density at radius 2 is 2.00 bits per heavy atom. The maximum atomic E-state index is 13.5. The number of ether oxygens (including phenoxy) is 1. The molecule has 1 aromatic carbocycles. The molecule has 3 aromatic rings. The Balaban J connectivity index is 1.63. The summed E-state index contributed by atoms with van der Waals surface area (Å²) in [6.07, 6.45) is 3.17. The highest BCUT2D eigenvalue weighted by molar-refractivity contribution is 6.76. The summed E-state index contributed by atoms with van der Waals surface area (Å²) in [5, 5.41) is 18.3. The van der Waals surface area contributed by atoms with Crippen LogP contribution in [0.1, 0.15) is 20.7 Å². The molecule has 204 valence electrons. The molecular formula is C27H32N6O5Si. The molecule has 2 aromatic heterocycles. The zero-order valence-corrected chi connectivity index (χ0v) is 23.5. The average Bonchev–Trinajstić information content (AvgIpc) is 3.22. The number of hydrogen-bond acceptors (Lipinski definition) is 7. The SMILES string of the molecule is CN(CC(=O)N1CC(C#N)C1)C(=O)c1cn(COCC[Si](C)(C)C)c2ncc(-c3cccc(C(=O)O)c3)nc12. The molecule has 0 spiro atoms. The first-order valence-corrected chi connectivity index (χ1v) is 16.4. The van der Waals surface area contributed by atoms with Gasteiger partial charge in [-0.15, -0.1) is 0 Å². The number of aromatic nitrogens is 3. The average molecular weight is 549 g/mol. The summed E-state index contributed by atoms with van der Waals surface area (Å²) < 4.78 is 7.63. The van der Waals surface area contributed by atoms with Crippen molar-refractivity contribution in [1.82, 2.24) is 24.3 Å². The fraction of sp³-hybridized carbons (Fsp3) is 0.407. The van der Waals surface area contributed by atoms with Crippen LogP contribution in [0.4, 0.5) is 0 Å². The third-order valence-corrected chi connectivity index (χ3v) is 8.27. The largest absolute Gasteiger partial charge is 0.478 e. The molecule has 11 nitrogen and oxygen atoms in total. The van der Waals surface area contributed by atoms with Gasteiger partial charge in [0.05, 0.1) is 41.5 Å². The molecule has 3 heterocycles. The summed E-state index contributed by atoms with van der Waals surface area (Å²) >= 11 is 0. The molecule has 0 unspecified atom stereocenters. The Morgan fingerprint density at radius 3 is 2.67 bits per heavy atom. The number of carbonyl (C=O) groups excluding carboxylic acids is 2. The highest BCUT2D eigenvalue weighted by Crippen LogP contribution is 2.25. The molecule has 0 atom stereocenters. The zero-order chi connectivity index (χ0) is 28.3. The Labute approximate surface area is 227 Å². The van der Waals surface area contributed by atoms with E-state index in [1.807, 2.05) is 0 Å². The van der Waals surface area contributed by atoms with E-state index in [2.05, 4.69) is 30.7 Å². The van der Waals surface area contributed by atoms with E-state index in [0.29, 0.717) is 42.1 Å². The summed E-state index contributed by atoms with van der Waals surface area (Å²) in [6, 6.07) is 9.47. The molecule has 0 bridgehead atoms. The van der Waals surface area contributed by atoms with Crippen molar-refractivity contribution in [1.29, 1.82) is 5.26 Å². The lowest BCUT2D eigenvalue weighted by Crippen LogP contribution is -2.52. The number of nitrogens with zero attached hydrogens (tertiary/aromatic N) is 6. The fourth-order valence-electron chi connectivity index (χ4n) is 4.14. The first kappa shape index (κ1) is 27.9. The number of rotatable bonds is 10. The van der Waals surface area contributed by atoms with Gasteiger partial charge in [-0.3, -0.25) is 9.59 Å². The van der Waals surface area contributed by atoms with E-state index in [0.717, 1.165) is 6.04 Å². The molecule has 1 aliphatic rings. The standard InChI is InChI=1S/C27H32N6O5Si/c1-31(16-23(34)32-13-18(11-28)14-32)26(35)21-15-33(17-38-8-9-39(2,3)4)25-24(21)30-22(12-29-25)19-6-5-7-20(10-19)27(36)37/h5-7,10,12,15,18H,8-9,13-14,16-17H2,1-4H3,(H,36,37). The van der Waals surface area contributed by atoms with E-state index < -0.39 is 20.0 Å². The molecule has 1 aliphatic heterocycles. The number of likely N-dealkylation sites (tertiary alicyclic amines) is 1. The van der Waals surface area contributed by atoms with Gasteiger partial charge in [-0.25, -0.2) is 14.8 Å². The predicted octanol–water partition coefficient (Wildman–Crippen LogP) is 3.16. The predicted molar refractivity (Wildman–Crippen MR) is 147 cm³/mol. The van der Waals surface area contributed by atoms with Gasteiger partial charge in [-0.05, 0) is 18.2 Å². The smallest absolute Gasteiger partial charge is 0.335 e. The minimum atomic E-state index is -1.28. The second kappa shape index (κ2) is 11.3. The van der Waals surface area contributed by atoms with Crippen LogP contribution in [0.5, 0.6) is 0 Å². The van der Waals surface area contributed by atoms with Crippen LogP contribution in [0.15, 0.2) is 36.7 Å². The van der Waals surface area contributed by atoms with Crippen LogP contribution in [0.25, 0.3) is 22.4 Å². The number of carbonyl (C=O) groups is 3. The number of aromatic carboxylic acids is 1. The molecule has 1 fully saturated rings. The van der Waals surface area contributed by atoms with Crippen molar-refractivity contribution in [3.63, 3.8) is 0 Å². The molecule has 39 heavy (non-hydrogen) atoms. The Hall–Kier alpha value is -4.08. The normalized spacial score (nSPS) is 13.7. The van der Waals surface area contributed by atoms with Crippen molar-refractivity contribution in [2.45, 2.75) is 32.4 Å². The molecule has 2 amide bonds. The third kappa shape index (κ3) is 6.50. The summed E-state index contributed by atoms with van der Waals surface area (Å²) in [5.41, 5.74) is 2.12. The Kier molecular flexibility index (Phi) is 8.13. The number of likely N-dealkylation sites (N-methyl/N-ethyl adjacent to an activating group) is 1. The van der Waals surface area contributed by atoms with Crippen molar-refractivity contribution in [2.24, 2.45) is 5.92 Å². The quantitative estimate of drug-likeness (QED) is 0.301. The highest BCUT2D eigenvalue weighted by atomic mass is 28.3. The first-order valence-electron chi connectivity index (χ1n) is 12.7. The second-order valence-corrected chi connectivity index (χ2v) is 16.6. The number of carboxylic acid groups (broad SMARTS) is 1. The van der Waals surface area contributed by atoms with Crippen molar-refractivity contribution in [2.75, 3.05) is 33.3 Å². The minimum absolute atomic E-state index is 0.113. The number of hydrogen-bond donors (Lipinski definition) is 1. The van der Waals surface area contributed by atoms with Crippen molar-refractivity contribution in [3.8, 4) is 17.3 Å². The van der Waals surface area contributed by atoms with Gasteiger partial charge in [-0.1, -0.05) is 31.8 Å². The minimum Gasteiger partial charge on any atom is -0.478 e. The van der Waals surface area contributed by atoms with Crippen LogP contribution in [0.2, 0.25) is 25.7 Å². The first-order chi connectivity index (χ1) is 18.5. The molecule has 1 saturated heterocycles. The number of benzene rings is 1. The Bertz CT molecular complexity index is 1450. The van der Waals surface area contributed by atoms with Gasteiger partial charge in [0.1, 0.15) is 12.2 Å². The van der Waals surface area contributed by atoms with E-state index in [4.69, 9.17) is 15.0 Å². The van der Waals surface area contributed by atoms with Crippen LogP contribution in [-0.2, 0) is 16.3 Å². The molecule has 1 N–H and O–H groups in total. The summed E-state index contributed by atoms with van der Waals surface area (Å²) in [6.45, 7) is 8.17. The lowest BCUT2D eigenvalue weighted by atomic mass is 10.0. The maximum absolute atomic E-state index is 13.5. The number of fused-ring (bicyclic) bond motifs is 1. The van der Waals surface area contributed by atoms with Gasteiger partial charge in [0.15, 0.2) is 5.65 Å².